The molecule has 1 aliphatic heterocycles. The van der Waals surface area contributed by atoms with Gasteiger partial charge in [-0.2, -0.15) is 9.97 Å². The topological polar surface area (TPSA) is 119 Å². The summed E-state index contributed by atoms with van der Waals surface area (Å²) in [5, 5.41) is 7.05. The van der Waals surface area contributed by atoms with Gasteiger partial charge in [0.05, 0.1) is 19.5 Å². The van der Waals surface area contributed by atoms with Crippen LogP contribution in [0.3, 0.4) is 0 Å². The Bertz CT molecular complexity index is 1020. The van der Waals surface area contributed by atoms with Crippen LogP contribution >= 0.6 is 11.6 Å². The number of aromatic nitrogens is 2. The fourth-order valence-electron chi connectivity index (χ4n) is 3.19. The Balaban J connectivity index is 1.15. The molecule has 4 N–H and O–H groups in total. The molecule has 3 aromatic rings. The lowest BCUT2D eigenvalue weighted by Gasteiger charge is -2.16. The lowest BCUT2D eigenvalue weighted by molar-refractivity contribution is 0.143. The normalized spacial score (nSPS) is 12.7. The molecule has 0 fully saturated rings. The van der Waals surface area contributed by atoms with Gasteiger partial charge in [0.25, 0.3) is 0 Å². The van der Waals surface area contributed by atoms with E-state index >= 15 is 0 Å². The number of nitrogens with two attached hydrogens (primary N) is 1. The van der Waals surface area contributed by atoms with Gasteiger partial charge in [0.1, 0.15) is 11.3 Å². The number of amides is 1. The molecule has 0 unspecified atom stereocenters. The lowest BCUT2D eigenvalue weighted by atomic mass is 10.1. The Morgan fingerprint density at radius 1 is 1.34 bits per heavy atom. The molecule has 1 aromatic carbocycles. The Kier molecular flexibility index (Phi) is 5.57. The summed E-state index contributed by atoms with van der Waals surface area (Å²) in [6, 6.07) is 7.66. The van der Waals surface area contributed by atoms with Crippen LogP contribution in [0.2, 0.25) is 5.28 Å². The number of halogens is 1. The van der Waals surface area contributed by atoms with Crippen LogP contribution in [-0.2, 0) is 11.3 Å². The van der Waals surface area contributed by atoms with E-state index in [1.165, 1.54) is 0 Å². The summed E-state index contributed by atoms with van der Waals surface area (Å²) in [6.07, 6.45) is 2.77. The fraction of sp³-hybridized carbons (Fsp3) is 0.316. The van der Waals surface area contributed by atoms with Crippen LogP contribution in [0.1, 0.15) is 18.4 Å². The first kappa shape index (κ1) is 19.1. The number of ether oxygens (including phenoxy) is 1. The molecule has 0 aliphatic carbocycles. The van der Waals surface area contributed by atoms with Crippen LogP contribution < -0.4 is 21.3 Å². The van der Waals surface area contributed by atoms with Gasteiger partial charge in [-0.1, -0.05) is 6.07 Å². The quantitative estimate of drug-likeness (QED) is 0.396. The van der Waals surface area contributed by atoms with Crippen molar-refractivity contribution in [2.45, 2.75) is 19.4 Å². The fourth-order valence-corrected chi connectivity index (χ4v) is 3.36. The molecule has 1 aliphatic rings. The summed E-state index contributed by atoms with van der Waals surface area (Å²) in [6.45, 7) is 2.07. The standard InChI is InChI=1S/C19H21ClN6O3/c20-18-24-16(21)15-17(25-18)26(11-23-15)6-1-2-7-29-19(27)22-10-12-3-4-14-13(9-12)5-8-28-14/h3-5,8-9,23H,1-2,6-7,10-11H2,(H,22,27)(H2,21,24,25). The predicted octanol–water partition coefficient (Wildman–Crippen LogP) is 3.35. The highest BCUT2D eigenvalue weighted by Crippen LogP contribution is 2.34. The number of nitrogen functional groups attached to an aromatic ring is 1. The monoisotopic (exact) mass is 416 g/mol. The maximum Gasteiger partial charge on any atom is 0.407 e. The van der Waals surface area contributed by atoms with Crippen molar-refractivity contribution >= 4 is 46.0 Å². The highest BCUT2D eigenvalue weighted by molar-refractivity contribution is 6.28. The van der Waals surface area contributed by atoms with E-state index in [0.29, 0.717) is 37.1 Å². The van der Waals surface area contributed by atoms with E-state index in [0.717, 1.165) is 35.9 Å². The number of nitrogens with one attached hydrogen (secondary N) is 2. The van der Waals surface area contributed by atoms with Gasteiger partial charge in [-0.25, -0.2) is 4.79 Å². The van der Waals surface area contributed by atoms with E-state index in [1.54, 1.807) is 6.26 Å². The highest BCUT2D eigenvalue weighted by atomic mass is 35.5. The Labute approximate surface area is 172 Å². The highest BCUT2D eigenvalue weighted by Gasteiger charge is 2.23. The summed E-state index contributed by atoms with van der Waals surface area (Å²) in [7, 11) is 0. The summed E-state index contributed by atoms with van der Waals surface area (Å²) in [4.78, 5) is 22.1. The number of hydrogen-bond donors (Lipinski definition) is 3. The van der Waals surface area contributed by atoms with Crippen molar-refractivity contribution in [1.29, 1.82) is 0 Å². The number of hydrogen-bond acceptors (Lipinski definition) is 8. The zero-order valence-electron chi connectivity index (χ0n) is 15.7. The average Bonchev–Trinajstić information content (AvgIpc) is 3.32. The summed E-state index contributed by atoms with van der Waals surface area (Å²) >= 11 is 5.88. The van der Waals surface area contributed by atoms with Crippen LogP contribution in [0.4, 0.5) is 22.1 Å². The molecule has 9 nitrogen and oxygen atoms in total. The summed E-state index contributed by atoms with van der Waals surface area (Å²) in [5.41, 5.74) is 8.36. The molecular weight excluding hydrogens is 396 g/mol. The Hall–Kier alpha value is -3.20. The van der Waals surface area contributed by atoms with Crippen molar-refractivity contribution in [3.8, 4) is 0 Å². The molecule has 152 valence electrons. The smallest absolute Gasteiger partial charge is 0.407 e. The van der Waals surface area contributed by atoms with Crippen molar-refractivity contribution in [2.75, 3.05) is 35.8 Å². The van der Waals surface area contributed by atoms with Crippen molar-refractivity contribution < 1.29 is 13.9 Å². The van der Waals surface area contributed by atoms with Gasteiger partial charge in [-0.05, 0) is 48.2 Å². The number of alkyl carbamates (subject to hydrolysis) is 1. The van der Waals surface area contributed by atoms with Crippen molar-refractivity contribution in [3.05, 3.63) is 41.4 Å². The van der Waals surface area contributed by atoms with Gasteiger partial charge >= 0.3 is 6.09 Å². The van der Waals surface area contributed by atoms with E-state index in [-0.39, 0.29) is 5.28 Å². The van der Waals surface area contributed by atoms with Gasteiger partial charge in [-0.15, -0.1) is 0 Å². The molecule has 3 heterocycles. The van der Waals surface area contributed by atoms with E-state index in [9.17, 15) is 4.79 Å². The number of rotatable bonds is 7. The first-order chi connectivity index (χ1) is 14.1. The largest absolute Gasteiger partial charge is 0.464 e. The number of nitrogens with zero attached hydrogens (tertiary/aromatic N) is 3. The first-order valence-corrected chi connectivity index (χ1v) is 9.66. The molecule has 0 saturated carbocycles. The molecular formula is C19H21ClN6O3. The Morgan fingerprint density at radius 3 is 3.14 bits per heavy atom. The van der Waals surface area contributed by atoms with Gasteiger partial charge in [0, 0.05) is 18.5 Å². The third kappa shape index (κ3) is 4.45. The maximum atomic E-state index is 11.9. The molecule has 10 heteroatoms. The maximum absolute atomic E-state index is 11.9. The van der Waals surface area contributed by atoms with Gasteiger partial charge in [0.2, 0.25) is 5.28 Å². The van der Waals surface area contributed by atoms with Gasteiger partial charge in [0.15, 0.2) is 11.6 Å². The zero-order chi connectivity index (χ0) is 20.2. The van der Waals surface area contributed by atoms with Gasteiger partial charge < -0.3 is 30.4 Å². The third-order valence-electron chi connectivity index (χ3n) is 4.65. The molecule has 4 rings (SSSR count). The third-order valence-corrected chi connectivity index (χ3v) is 4.82. The van der Waals surface area contributed by atoms with E-state index in [2.05, 4.69) is 20.6 Å². The van der Waals surface area contributed by atoms with Crippen LogP contribution in [0.15, 0.2) is 34.9 Å². The molecule has 1 amide bonds. The van der Waals surface area contributed by atoms with Gasteiger partial charge in [-0.3, -0.25) is 0 Å². The molecule has 0 saturated heterocycles. The second-order valence-electron chi connectivity index (χ2n) is 6.66. The number of carbonyl (C=O) groups is 1. The number of fused-ring (bicyclic) bond motifs is 2. The van der Waals surface area contributed by atoms with Crippen LogP contribution in [0, 0.1) is 0 Å². The SMILES string of the molecule is Nc1nc(Cl)nc2c1NCN2CCCCOC(=O)NCc1ccc2occc2c1. The number of anilines is 3. The lowest BCUT2D eigenvalue weighted by Crippen LogP contribution is -2.26. The number of unbranched alkanes of at least 4 members (excludes halogenated alkanes) is 1. The van der Waals surface area contributed by atoms with Crippen molar-refractivity contribution in [2.24, 2.45) is 0 Å². The van der Waals surface area contributed by atoms with Crippen molar-refractivity contribution in [1.82, 2.24) is 15.3 Å². The second-order valence-corrected chi connectivity index (χ2v) is 7.00. The minimum atomic E-state index is -0.433. The number of carbonyl (C=O) groups excluding carboxylic acids is 1. The van der Waals surface area contributed by atoms with Crippen LogP contribution in [-0.4, -0.2) is 35.9 Å². The van der Waals surface area contributed by atoms with Crippen LogP contribution in [0.25, 0.3) is 11.0 Å². The molecule has 0 bridgehead atoms. The molecule has 0 spiro atoms. The molecule has 0 radical (unpaired) electrons. The average molecular weight is 417 g/mol. The van der Waals surface area contributed by atoms with E-state index < -0.39 is 6.09 Å². The summed E-state index contributed by atoms with van der Waals surface area (Å²) in [5.74, 6) is 1.05. The minimum Gasteiger partial charge on any atom is -0.464 e. The first-order valence-electron chi connectivity index (χ1n) is 9.29. The Morgan fingerprint density at radius 2 is 2.24 bits per heavy atom. The number of benzene rings is 1. The second kappa shape index (κ2) is 8.44. The zero-order valence-corrected chi connectivity index (χ0v) is 16.4. The predicted molar refractivity (Wildman–Crippen MR) is 111 cm³/mol. The van der Waals surface area contributed by atoms with E-state index in [1.807, 2.05) is 29.2 Å². The summed E-state index contributed by atoms with van der Waals surface area (Å²) < 4.78 is 10.5. The van der Waals surface area contributed by atoms with Crippen LogP contribution in [0.5, 0.6) is 0 Å². The minimum absolute atomic E-state index is 0.127. The molecule has 0 atom stereocenters. The van der Waals surface area contributed by atoms with E-state index in [4.69, 9.17) is 26.5 Å². The van der Waals surface area contributed by atoms with Crippen molar-refractivity contribution in [3.63, 3.8) is 0 Å². The number of furan rings is 1. The molecule has 29 heavy (non-hydrogen) atoms. The molecule has 2 aromatic heterocycles.